The van der Waals surface area contributed by atoms with Crippen LogP contribution in [0.15, 0.2) is 11.7 Å². The molecule has 6 heteroatoms. The topological polar surface area (TPSA) is 69.6 Å². The minimum Gasteiger partial charge on any atom is -0.322 e. The van der Waals surface area contributed by atoms with Crippen molar-refractivity contribution in [3.05, 3.63) is 16.7 Å². The summed E-state index contributed by atoms with van der Waals surface area (Å²) in [5, 5.41) is 11.0. The van der Waals surface area contributed by atoms with E-state index in [2.05, 4.69) is 29.0 Å². The Balaban J connectivity index is 2.29. The van der Waals surface area contributed by atoms with E-state index in [0.29, 0.717) is 5.92 Å². The van der Waals surface area contributed by atoms with Gasteiger partial charge in [0.1, 0.15) is 17.0 Å². The zero-order valence-corrected chi connectivity index (χ0v) is 11.1. The van der Waals surface area contributed by atoms with Crippen LogP contribution in [0.1, 0.15) is 31.8 Å². The van der Waals surface area contributed by atoms with E-state index in [-0.39, 0.29) is 6.04 Å². The van der Waals surface area contributed by atoms with Crippen LogP contribution in [0, 0.1) is 5.92 Å². The van der Waals surface area contributed by atoms with Gasteiger partial charge >= 0.3 is 0 Å². The number of nitrogens with two attached hydrogens (primary N) is 1. The number of hydrogen-bond acceptors (Lipinski definition) is 5. The van der Waals surface area contributed by atoms with Crippen LogP contribution in [0.4, 0.5) is 0 Å². The molecule has 0 fully saturated rings. The van der Waals surface area contributed by atoms with Crippen molar-refractivity contribution in [2.45, 2.75) is 33.4 Å². The average molecular weight is 251 g/mol. The summed E-state index contributed by atoms with van der Waals surface area (Å²) in [7, 11) is 0. The van der Waals surface area contributed by atoms with Gasteiger partial charge in [-0.05, 0) is 12.8 Å². The first kappa shape index (κ1) is 12.2. The van der Waals surface area contributed by atoms with Gasteiger partial charge in [0, 0.05) is 11.9 Å². The summed E-state index contributed by atoms with van der Waals surface area (Å²) in [6.45, 7) is 7.16. The first-order chi connectivity index (χ1) is 8.08. The number of hydrogen-bond donors (Lipinski definition) is 1. The smallest absolute Gasteiger partial charge is 0.183 e. The third-order valence-electron chi connectivity index (χ3n) is 2.32. The molecule has 5 nitrogen and oxygen atoms in total. The maximum Gasteiger partial charge on any atom is 0.183 e. The second kappa shape index (κ2) is 4.93. The molecule has 0 aliphatic carbocycles. The van der Waals surface area contributed by atoms with Crippen LogP contribution in [0.2, 0.25) is 0 Å². The van der Waals surface area contributed by atoms with Gasteiger partial charge in [0.25, 0.3) is 0 Å². The van der Waals surface area contributed by atoms with E-state index in [4.69, 9.17) is 5.73 Å². The van der Waals surface area contributed by atoms with Crippen molar-refractivity contribution in [3.8, 4) is 11.5 Å². The predicted molar refractivity (Wildman–Crippen MR) is 68.6 cm³/mol. The molecule has 17 heavy (non-hydrogen) atoms. The molecule has 0 amide bonds. The average Bonchev–Trinajstić information content (AvgIpc) is 2.83. The van der Waals surface area contributed by atoms with Crippen molar-refractivity contribution in [1.29, 1.82) is 0 Å². The molecular weight excluding hydrogens is 234 g/mol. The first-order valence-electron chi connectivity index (χ1n) is 5.67. The monoisotopic (exact) mass is 251 g/mol. The van der Waals surface area contributed by atoms with E-state index >= 15 is 0 Å². The second-order valence-corrected chi connectivity index (χ2v) is 5.45. The maximum atomic E-state index is 5.80. The molecule has 0 saturated carbocycles. The van der Waals surface area contributed by atoms with Crippen molar-refractivity contribution in [2.24, 2.45) is 11.7 Å². The van der Waals surface area contributed by atoms with Gasteiger partial charge in [0.15, 0.2) is 5.82 Å². The zero-order valence-electron chi connectivity index (χ0n) is 10.3. The lowest BCUT2D eigenvalue weighted by atomic mass is 10.2. The van der Waals surface area contributed by atoms with Crippen LogP contribution in [-0.4, -0.2) is 19.7 Å². The molecule has 2 N–H and O–H groups in total. The fourth-order valence-corrected chi connectivity index (χ4v) is 2.34. The van der Waals surface area contributed by atoms with E-state index in [1.165, 1.54) is 0 Å². The SMILES string of the molecule is CC(C)Cn1cnnc1-c1csc(C(C)N)n1. The number of nitrogens with zero attached hydrogens (tertiary/aromatic N) is 4. The lowest BCUT2D eigenvalue weighted by Crippen LogP contribution is -2.06. The number of thiazole rings is 1. The van der Waals surface area contributed by atoms with Gasteiger partial charge in [-0.25, -0.2) is 4.98 Å². The molecule has 0 saturated heterocycles. The normalized spacial score (nSPS) is 13.2. The molecule has 2 rings (SSSR count). The van der Waals surface area contributed by atoms with Gasteiger partial charge in [0.2, 0.25) is 0 Å². The molecule has 0 aliphatic rings. The highest BCUT2D eigenvalue weighted by atomic mass is 32.1. The Kier molecular flexibility index (Phi) is 3.54. The van der Waals surface area contributed by atoms with Crippen LogP contribution >= 0.6 is 11.3 Å². The minimum absolute atomic E-state index is 0.0322. The van der Waals surface area contributed by atoms with E-state index in [1.807, 2.05) is 16.9 Å². The summed E-state index contributed by atoms with van der Waals surface area (Å²) in [5.41, 5.74) is 6.67. The van der Waals surface area contributed by atoms with Crippen LogP contribution in [-0.2, 0) is 6.54 Å². The Labute approximate surface area is 105 Å². The standard InChI is InChI=1S/C11H17N5S/c1-7(2)4-16-6-13-15-10(16)9-5-17-11(14-9)8(3)12/h5-8H,4,12H2,1-3H3. The lowest BCUT2D eigenvalue weighted by Gasteiger charge is -2.07. The molecule has 0 spiro atoms. The summed E-state index contributed by atoms with van der Waals surface area (Å²) in [5.74, 6) is 1.37. The molecule has 2 aromatic heterocycles. The summed E-state index contributed by atoms with van der Waals surface area (Å²) in [4.78, 5) is 4.49. The molecule has 0 aromatic carbocycles. The van der Waals surface area contributed by atoms with Crippen molar-refractivity contribution < 1.29 is 0 Å². The molecule has 0 radical (unpaired) electrons. The van der Waals surface area contributed by atoms with Crippen LogP contribution in [0.3, 0.4) is 0 Å². The zero-order chi connectivity index (χ0) is 12.4. The molecule has 2 aromatic rings. The van der Waals surface area contributed by atoms with E-state index in [9.17, 15) is 0 Å². The second-order valence-electron chi connectivity index (χ2n) is 4.56. The Bertz CT molecular complexity index is 486. The first-order valence-corrected chi connectivity index (χ1v) is 6.55. The molecule has 0 aliphatic heterocycles. The minimum atomic E-state index is -0.0322. The third kappa shape index (κ3) is 2.70. The fourth-order valence-electron chi connectivity index (χ4n) is 1.58. The molecule has 1 atom stereocenters. The summed E-state index contributed by atoms with van der Waals surface area (Å²) >= 11 is 1.57. The van der Waals surface area contributed by atoms with Gasteiger partial charge < -0.3 is 10.3 Å². The van der Waals surface area contributed by atoms with Gasteiger partial charge in [-0.15, -0.1) is 21.5 Å². The molecule has 92 valence electrons. The van der Waals surface area contributed by atoms with E-state index < -0.39 is 0 Å². The van der Waals surface area contributed by atoms with Gasteiger partial charge in [-0.1, -0.05) is 13.8 Å². The van der Waals surface area contributed by atoms with Crippen LogP contribution in [0.25, 0.3) is 11.5 Å². The van der Waals surface area contributed by atoms with Crippen molar-refractivity contribution in [3.63, 3.8) is 0 Å². The Morgan fingerprint density at radius 3 is 2.76 bits per heavy atom. The Morgan fingerprint density at radius 2 is 2.18 bits per heavy atom. The van der Waals surface area contributed by atoms with E-state index in [1.54, 1.807) is 17.7 Å². The van der Waals surface area contributed by atoms with Crippen LogP contribution in [0.5, 0.6) is 0 Å². The quantitative estimate of drug-likeness (QED) is 0.903. The van der Waals surface area contributed by atoms with Crippen molar-refractivity contribution in [1.82, 2.24) is 19.7 Å². The fraction of sp³-hybridized carbons (Fsp3) is 0.545. The summed E-state index contributed by atoms with van der Waals surface area (Å²) < 4.78 is 2.03. The van der Waals surface area contributed by atoms with Crippen LogP contribution < -0.4 is 5.73 Å². The van der Waals surface area contributed by atoms with Gasteiger partial charge in [-0.2, -0.15) is 0 Å². The highest BCUT2D eigenvalue weighted by Crippen LogP contribution is 2.23. The van der Waals surface area contributed by atoms with E-state index in [0.717, 1.165) is 23.1 Å². The molecule has 0 bridgehead atoms. The highest BCUT2D eigenvalue weighted by molar-refractivity contribution is 7.10. The number of aromatic nitrogens is 4. The predicted octanol–water partition coefficient (Wildman–Crippen LogP) is 2.08. The largest absolute Gasteiger partial charge is 0.322 e. The van der Waals surface area contributed by atoms with Gasteiger partial charge in [0.05, 0.1) is 6.04 Å². The molecule has 2 heterocycles. The third-order valence-corrected chi connectivity index (χ3v) is 3.36. The van der Waals surface area contributed by atoms with Crippen molar-refractivity contribution in [2.75, 3.05) is 0 Å². The van der Waals surface area contributed by atoms with Crippen molar-refractivity contribution >= 4 is 11.3 Å². The Hall–Kier alpha value is -1.27. The summed E-state index contributed by atoms with van der Waals surface area (Å²) in [6.07, 6.45) is 1.75. The Morgan fingerprint density at radius 1 is 1.41 bits per heavy atom. The number of rotatable bonds is 4. The molecule has 1 unspecified atom stereocenters. The summed E-state index contributed by atoms with van der Waals surface area (Å²) in [6, 6.07) is -0.0322. The lowest BCUT2D eigenvalue weighted by molar-refractivity contribution is 0.525. The highest BCUT2D eigenvalue weighted by Gasteiger charge is 2.13. The molecular formula is C11H17N5S. The maximum absolute atomic E-state index is 5.80. The van der Waals surface area contributed by atoms with Gasteiger partial charge in [-0.3, -0.25) is 0 Å².